The van der Waals surface area contributed by atoms with Crippen LogP contribution in [0.15, 0.2) is 34.9 Å². The Balaban J connectivity index is 1.91. The van der Waals surface area contributed by atoms with Crippen LogP contribution >= 0.6 is 0 Å². The number of furan rings is 1. The molecule has 2 aromatic heterocycles. The van der Waals surface area contributed by atoms with Gasteiger partial charge in [0.25, 0.3) is 5.91 Å². The summed E-state index contributed by atoms with van der Waals surface area (Å²) in [5.41, 5.74) is 2.00. The molecule has 6 nitrogen and oxygen atoms in total. The number of aryl methyl sites for hydroxylation is 1. The number of nitriles is 1. The molecule has 2 N–H and O–H groups in total. The van der Waals surface area contributed by atoms with Crippen molar-refractivity contribution in [1.29, 1.82) is 5.26 Å². The number of carbonyl (C=O) groups is 1. The number of H-pyrrole nitrogens is 1. The normalized spacial score (nSPS) is 10.4. The molecule has 0 fully saturated rings. The molecule has 3 rings (SSSR count). The fourth-order valence-corrected chi connectivity index (χ4v) is 1.92. The molecule has 0 atom stereocenters. The molecule has 0 bridgehead atoms. The lowest BCUT2D eigenvalue weighted by molar-refractivity contribution is 0.0998. The van der Waals surface area contributed by atoms with Crippen LogP contribution in [0.1, 0.15) is 21.7 Å². The molecule has 0 aliphatic carbocycles. The van der Waals surface area contributed by atoms with Gasteiger partial charge in [0.15, 0.2) is 5.76 Å². The van der Waals surface area contributed by atoms with E-state index >= 15 is 0 Å². The number of benzene rings is 1. The first-order valence-electron chi connectivity index (χ1n) is 5.92. The van der Waals surface area contributed by atoms with Crippen LogP contribution < -0.4 is 5.32 Å². The molecule has 0 aliphatic rings. The van der Waals surface area contributed by atoms with Crippen LogP contribution in [0.3, 0.4) is 0 Å². The van der Waals surface area contributed by atoms with Gasteiger partial charge in [0.1, 0.15) is 23.0 Å². The molecule has 20 heavy (non-hydrogen) atoms. The summed E-state index contributed by atoms with van der Waals surface area (Å²) in [5.74, 6) is 0.0119. The monoisotopic (exact) mass is 266 g/mol. The van der Waals surface area contributed by atoms with E-state index in [1.54, 1.807) is 6.07 Å². The average molecular weight is 266 g/mol. The highest BCUT2D eigenvalue weighted by Gasteiger charge is 2.15. The van der Waals surface area contributed by atoms with Crippen LogP contribution in [0.4, 0.5) is 5.82 Å². The quantitative estimate of drug-likeness (QED) is 0.745. The summed E-state index contributed by atoms with van der Waals surface area (Å²) in [7, 11) is 0. The van der Waals surface area contributed by atoms with E-state index in [2.05, 4.69) is 15.5 Å². The zero-order valence-corrected chi connectivity index (χ0v) is 10.6. The SMILES string of the molecule is Cc1ccc2oc(C(=O)Nc3[nH]ncc3C#N)cc2c1. The number of nitrogens with zero attached hydrogens (tertiary/aromatic N) is 2. The molecule has 1 amide bonds. The van der Waals surface area contributed by atoms with Gasteiger partial charge in [-0.15, -0.1) is 0 Å². The molecule has 3 aromatic rings. The van der Waals surface area contributed by atoms with E-state index in [0.717, 1.165) is 10.9 Å². The fourth-order valence-electron chi connectivity index (χ4n) is 1.92. The van der Waals surface area contributed by atoms with Crippen LogP contribution in [0.25, 0.3) is 11.0 Å². The van der Waals surface area contributed by atoms with Gasteiger partial charge in [0.05, 0.1) is 6.20 Å². The maximum absolute atomic E-state index is 12.1. The third kappa shape index (κ3) is 2.01. The molecule has 0 saturated heterocycles. The summed E-state index contributed by atoms with van der Waals surface area (Å²) in [4.78, 5) is 12.1. The topological polar surface area (TPSA) is 94.7 Å². The minimum absolute atomic E-state index is 0.184. The largest absolute Gasteiger partial charge is 0.451 e. The van der Waals surface area contributed by atoms with E-state index in [1.807, 2.05) is 31.2 Å². The Hall–Kier alpha value is -3.07. The van der Waals surface area contributed by atoms with Gasteiger partial charge >= 0.3 is 0 Å². The van der Waals surface area contributed by atoms with Gasteiger partial charge in [0, 0.05) is 5.39 Å². The smallest absolute Gasteiger partial charge is 0.292 e. The van der Waals surface area contributed by atoms with Gasteiger partial charge in [-0.1, -0.05) is 11.6 Å². The lowest BCUT2D eigenvalue weighted by Crippen LogP contribution is -2.12. The Morgan fingerprint density at radius 1 is 1.45 bits per heavy atom. The molecule has 0 spiro atoms. The number of amides is 1. The maximum atomic E-state index is 12.1. The van der Waals surface area contributed by atoms with Gasteiger partial charge in [-0.2, -0.15) is 10.4 Å². The van der Waals surface area contributed by atoms with Crippen molar-refractivity contribution in [2.45, 2.75) is 6.92 Å². The summed E-state index contributed by atoms with van der Waals surface area (Å²) in [5, 5.41) is 18.5. The number of aromatic nitrogens is 2. The molecule has 0 radical (unpaired) electrons. The highest BCUT2D eigenvalue weighted by atomic mass is 16.3. The van der Waals surface area contributed by atoms with Crippen molar-refractivity contribution in [2.75, 3.05) is 5.32 Å². The minimum atomic E-state index is -0.431. The zero-order valence-electron chi connectivity index (χ0n) is 10.6. The number of hydrogen-bond acceptors (Lipinski definition) is 4. The van der Waals surface area contributed by atoms with Crippen LogP contribution in [0.5, 0.6) is 0 Å². The van der Waals surface area contributed by atoms with Crippen molar-refractivity contribution in [3.63, 3.8) is 0 Å². The van der Waals surface area contributed by atoms with Crippen LogP contribution in [0.2, 0.25) is 0 Å². The Labute approximate surface area is 114 Å². The molecule has 2 heterocycles. The lowest BCUT2D eigenvalue weighted by atomic mass is 10.2. The second-order valence-electron chi connectivity index (χ2n) is 4.38. The molecule has 0 unspecified atom stereocenters. The first kappa shape index (κ1) is 12.0. The van der Waals surface area contributed by atoms with E-state index < -0.39 is 5.91 Å². The van der Waals surface area contributed by atoms with Gasteiger partial charge in [0.2, 0.25) is 0 Å². The van der Waals surface area contributed by atoms with Crippen molar-refractivity contribution < 1.29 is 9.21 Å². The Morgan fingerprint density at radius 3 is 3.10 bits per heavy atom. The van der Waals surface area contributed by atoms with E-state index in [-0.39, 0.29) is 17.1 Å². The predicted octanol–water partition coefficient (Wildman–Crippen LogP) is 2.59. The van der Waals surface area contributed by atoms with Crippen molar-refractivity contribution in [2.24, 2.45) is 0 Å². The highest BCUT2D eigenvalue weighted by Crippen LogP contribution is 2.21. The molecular weight excluding hydrogens is 256 g/mol. The van der Waals surface area contributed by atoms with Gasteiger partial charge in [-0.25, -0.2) is 0 Å². The minimum Gasteiger partial charge on any atom is -0.451 e. The summed E-state index contributed by atoms with van der Waals surface area (Å²) in [6, 6.07) is 9.26. The highest BCUT2D eigenvalue weighted by molar-refractivity contribution is 6.04. The third-order valence-electron chi connectivity index (χ3n) is 2.89. The second kappa shape index (κ2) is 4.55. The number of anilines is 1. The summed E-state index contributed by atoms with van der Waals surface area (Å²) >= 11 is 0. The van der Waals surface area contributed by atoms with E-state index in [0.29, 0.717) is 5.58 Å². The van der Waals surface area contributed by atoms with Crippen LogP contribution in [-0.4, -0.2) is 16.1 Å². The number of aromatic amines is 1. The molecule has 0 aliphatic heterocycles. The standard InChI is InChI=1S/C14H10N4O2/c1-8-2-3-11-9(4-8)5-12(20-11)14(19)17-13-10(6-15)7-16-18-13/h2-5,7H,1H3,(H2,16,17,18,19). The van der Waals surface area contributed by atoms with E-state index in [1.165, 1.54) is 6.20 Å². The van der Waals surface area contributed by atoms with Crippen molar-refractivity contribution >= 4 is 22.7 Å². The average Bonchev–Trinajstić information content (AvgIpc) is 3.04. The molecule has 6 heteroatoms. The Bertz CT molecular complexity index is 838. The number of carbonyl (C=O) groups excluding carboxylic acids is 1. The summed E-state index contributed by atoms with van der Waals surface area (Å²) in [6.45, 7) is 1.97. The first-order chi connectivity index (χ1) is 9.67. The second-order valence-corrected chi connectivity index (χ2v) is 4.38. The van der Waals surface area contributed by atoms with Crippen molar-refractivity contribution in [3.8, 4) is 6.07 Å². The molecular formula is C14H10N4O2. The Morgan fingerprint density at radius 2 is 2.30 bits per heavy atom. The van der Waals surface area contributed by atoms with Crippen molar-refractivity contribution in [3.05, 3.63) is 47.3 Å². The van der Waals surface area contributed by atoms with E-state index in [4.69, 9.17) is 9.68 Å². The third-order valence-corrected chi connectivity index (χ3v) is 2.89. The Kier molecular flexibility index (Phi) is 2.73. The van der Waals surface area contributed by atoms with Gasteiger partial charge in [-0.05, 0) is 25.1 Å². The van der Waals surface area contributed by atoms with Crippen molar-refractivity contribution in [1.82, 2.24) is 10.2 Å². The fraction of sp³-hybridized carbons (Fsp3) is 0.0714. The molecule has 98 valence electrons. The molecule has 0 saturated carbocycles. The lowest BCUT2D eigenvalue weighted by Gasteiger charge is -1.99. The molecule has 1 aromatic carbocycles. The van der Waals surface area contributed by atoms with E-state index in [9.17, 15) is 4.79 Å². The zero-order chi connectivity index (χ0) is 14.1. The summed E-state index contributed by atoms with van der Waals surface area (Å²) in [6.07, 6.45) is 1.34. The number of fused-ring (bicyclic) bond motifs is 1. The van der Waals surface area contributed by atoms with Gasteiger partial charge < -0.3 is 9.73 Å². The van der Waals surface area contributed by atoms with Crippen LogP contribution in [-0.2, 0) is 0 Å². The van der Waals surface area contributed by atoms with Crippen LogP contribution in [0, 0.1) is 18.3 Å². The number of nitrogens with one attached hydrogen (secondary N) is 2. The predicted molar refractivity (Wildman–Crippen MR) is 72.2 cm³/mol. The number of rotatable bonds is 2. The summed E-state index contributed by atoms with van der Waals surface area (Å²) < 4.78 is 5.48. The van der Waals surface area contributed by atoms with Gasteiger partial charge in [-0.3, -0.25) is 9.89 Å². The maximum Gasteiger partial charge on any atom is 0.292 e. The number of hydrogen-bond donors (Lipinski definition) is 2. The first-order valence-corrected chi connectivity index (χ1v) is 5.92.